The molecule has 160 valence electrons. The van der Waals surface area contributed by atoms with Gasteiger partial charge < -0.3 is 16.4 Å². The van der Waals surface area contributed by atoms with Gasteiger partial charge in [0.15, 0.2) is 0 Å². The van der Waals surface area contributed by atoms with E-state index in [0.717, 1.165) is 51.7 Å². The summed E-state index contributed by atoms with van der Waals surface area (Å²) < 4.78 is 0. The van der Waals surface area contributed by atoms with Crippen LogP contribution in [0.2, 0.25) is 0 Å². The molecule has 6 nitrogen and oxygen atoms in total. The van der Waals surface area contributed by atoms with Crippen LogP contribution >= 0.6 is 24.8 Å². The van der Waals surface area contributed by atoms with Gasteiger partial charge in [-0.15, -0.1) is 24.8 Å². The number of carbonyl (C=O) groups excluding carboxylic acids is 2. The number of amides is 2. The van der Waals surface area contributed by atoms with E-state index in [-0.39, 0.29) is 48.1 Å². The molecule has 2 amide bonds. The molecular weight excluding hydrogens is 387 g/mol. The number of hydrogen-bond acceptors (Lipinski definition) is 4. The fraction of sp³-hybridized carbons (Fsp3) is 0.895. The van der Waals surface area contributed by atoms with Gasteiger partial charge >= 0.3 is 0 Å². The first-order valence-corrected chi connectivity index (χ1v) is 10.1. The minimum atomic E-state index is 0. The molecule has 1 heterocycles. The summed E-state index contributed by atoms with van der Waals surface area (Å²) >= 11 is 0. The molecule has 2 aliphatic rings. The third-order valence-electron chi connectivity index (χ3n) is 5.77. The summed E-state index contributed by atoms with van der Waals surface area (Å²) in [5, 5.41) is 6.13. The van der Waals surface area contributed by atoms with Crippen molar-refractivity contribution in [2.75, 3.05) is 32.7 Å². The number of halogens is 2. The topological polar surface area (TPSA) is 87.5 Å². The molecule has 1 aliphatic carbocycles. The first kappa shape index (κ1) is 26.4. The summed E-state index contributed by atoms with van der Waals surface area (Å²) in [6.45, 7) is 5.62. The van der Waals surface area contributed by atoms with Gasteiger partial charge in [0.25, 0.3) is 0 Å². The van der Waals surface area contributed by atoms with Crippen molar-refractivity contribution in [3.8, 4) is 0 Å². The SMILES string of the molecule is CCCNC(=O)CN1CCC(NC(=O)CC2(CN)CCCCC2)CC1.Cl.Cl. The molecule has 0 spiro atoms. The van der Waals surface area contributed by atoms with Crippen molar-refractivity contribution in [2.45, 2.75) is 70.8 Å². The molecule has 2 fully saturated rings. The Labute approximate surface area is 176 Å². The lowest BCUT2D eigenvalue weighted by molar-refractivity contribution is -0.126. The number of piperidine rings is 1. The van der Waals surface area contributed by atoms with Gasteiger partial charge in [0, 0.05) is 32.1 Å². The highest BCUT2D eigenvalue weighted by molar-refractivity contribution is 5.85. The Hall–Kier alpha value is -0.560. The normalized spacial score (nSPS) is 20.1. The molecule has 0 aromatic heterocycles. The minimum Gasteiger partial charge on any atom is -0.355 e. The van der Waals surface area contributed by atoms with Crippen molar-refractivity contribution < 1.29 is 9.59 Å². The second-order valence-corrected chi connectivity index (χ2v) is 7.91. The molecule has 1 saturated heterocycles. The quantitative estimate of drug-likeness (QED) is 0.557. The molecule has 1 saturated carbocycles. The summed E-state index contributed by atoms with van der Waals surface area (Å²) in [6, 6.07) is 0.237. The van der Waals surface area contributed by atoms with E-state index in [1.807, 2.05) is 0 Å². The molecule has 27 heavy (non-hydrogen) atoms. The van der Waals surface area contributed by atoms with Crippen LogP contribution in [0.5, 0.6) is 0 Å². The Morgan fingerprint density at radius 1 is 1.07 bits per heavy atom. The van der Waals surface area contributed by atoms with Gasteiger partial charge in [0.05, 0.1) is 6.54 Å². The van der Waals surface area contributed by atoms with Crippen LogP contribution in [-0.4, -0.2) is 55.5 Å². The smallest absolute Gasteiger partial charge is 0.234 e. The third-order valence-corrected chi connectivity index (χ3v) is 5.77. The van der Waals surface area contributed by atoms with Crippen molar-refractivity contribution >= 4 is 36.6 Å². The largest absolute Gasteiger partial charge is 0.355 e. The molecule has 0 radical (unpaired) electrons. The van der Waals surface area contributed by atoms with Crippen molar-refractivity contribution in [3.63, 3.8) is 0 Å². The van der Waals surface area contributed by atoms with Gasteiger partial charge in [-0.1, -0.05) is 26.2 Å². The summed E-state index contributed by atoms with van der Waals surface area (Å²) in [6.07, 6.45) is 9.21. The molecule has 1 aliphatic heterocycles. The molecule has 0 aromatic rings. The monoisotopic (exact) mass is 424 g/mol. The average molecular weight is 425 g/mol. The van der Waals surface area contributed by atoms with Gasteiger partial charge in [-0.25, -0.2) is 0 Å². The number of nitrogens with two attached hydrogens (primary N) is 1. The molecule has 0 aromatic carbocycles. The number of likely N-dealkylation sites (tertiary alicyclic amines) is 1. The van der Waals surface area contributed by atoms with E-state index in [9.17, 15) is 9.59 Å². The Bertz CT molecular complexity index is 437. The maximum absolute atomic E-state index is 12.5. The maximum atomic E-state index is 12.5. The van der Waals surface area contributed by atoms with Crippen LogP contribution < -0.4 is 16.4 Å². The zero-order chi connectivity index (χ0) is 18.1. The Kier molecular flexibility index (Phi) is 13.3. The zero-order valence-electron chi connectivity index (χ0n) is 16.6. The van der Waals surface area contributed by atoms with Crippen LogP contribution in [0.4, 0.5) is 0 Å². The van der Waals surface area contributed by atoms with Crippen LogP contribution in [0.3, 0.4) is 0 Å². The zero-order valence-corrected chi connectivity index (χ0v) is 18.3. The van der Waals surface area contributed by atoms with Crippen molar-refractivity contribution in [2.24, 2.45) is 11.1 Å². The number of rotatable bonds is 8. The van der Waals surface area contributed by atoms with Gasteiger partial charge in [-0.2, -0.15) is 0 Å². The second-order valence-electron chi connectivity index (χ2n) is 7.91. The van der Waals surface area contributed by atoms with Crippen molar-refractivity contribution in [3.05, 3.63) is 0 Å². The molecule has 0 unspecified atom stereocenters. The average Bonchev–Trinajstić information content (AvgIpc) is 2.62. The Morgan fingerprint density at radius 2 is 1.70 bits per heavy atom. The lowest BCUT2D eigenvalue weighted by atomic mass is 9.71. The predicted octanol–water partition coefficient (Wildman–Crippen LogP) is 2.24. The van der Waals surface area contributed by atoms with E-state index in [2.05, 4.69) is 22.5 Å². The summed E-state index contributed by atoms with van der Waals surface area (Å²) in [5.74, 6) is 0.262. The lowest BCUT2D eigenvalue weighted by Crippen LogP contribution is -2.48. The lowest BCUT2D eigenvalue weighted by Gasteiger charge is -2.37. The number of nitrogens with one attached hydrogen (secondary N) is 2. The Morgan fingerprint density at radius 3 is 2.26 bits per heavy atom. The summed E-state index contributed by atoms with van der Waals surface area (Å²) in [7, 11) is 0. The van der Waals surface area contributed by atoms with Crippen LogP contribution in [0.15, 0.2) is 0 Å². The van der Waals surface area contributed by atoms with Crippen LogP contribution in [0.25, 0.3) is 0 Å². The highest BCUT2D eigenvalue weighted by Gasteiger charge is 2.33. The van der Waals surface area contributed by atoms with E-state index in [4.69, 9.17) is 5.73 Å². The minimum absolute atomic E-state index is 0. The van der Waals surface area contributed by atoms with Crippen LogP contribution in [0, 0.1) is 5.41 Å². The van der Waals surface area contributed by atoms with E-state index < -0.39 is 0 Å². The van der Waals surface area contributed by atoms with Gasteiger partial charge in [0.2, 0.25) is 11.8 Å². The first-order chi connectivity index (χ1) is 12.1. The highest BCUT2D eigenvalue weighted by atomic mass is 35.5. The third kappa shape index (κ3) is 8.99. The highest BCUT2D eigenvalue weighted by Crippen LogP contribution is 2.38. The molecule has 8 heteroatoms. The maximum Gasteiger partial charge on any atom is 0.234 e. The Balaban J connectivity index is 0.00000338. The van der Waals surface area contributed by atoms with Crippen molar-refractivity contribution in [1.29, 1.82) is 0 Å². The predicted molar refractivity (Wildman–Crippen MR) is 115 cm³/mol. The van der Waals surface area contributed by atoms with Crippen molar-refractivity contribution in [1.82, 2.24) is 15.5 Å². The van der Waals surface area contributed by atoms with E-state index in [0.29, 0.717) is 19.5 Å². The van der Waals surface area contributed by atoms with Crippen LogP contribution in [-0.2, 0) is 9.59 Å². The number of hydrogen-bond donors (Lipinski definition) is 3. The molecular formula is C19H38Cl2N4O2. The number of nitrogens with zero attached hydrogens (tertiary/aromatic N) is 1. The van der Waals surface area contributed by atoms with E-state index >= 15 is 0 Å². The molecule has 0 atom stereocenters. The summed E-state index contributed by atoms with van der Waals surface area (Å²) in [4.78, 5) is 26.4. The standard InChI is InChI=1S/C19H36N4O2.2ClH/c1-2-10-21-18(25)14-23-11-6-16(7-12-23)22-17(24)13-19(15-20)8-4-3-5-9-19;;/h16H,2-15,20H2,1H3,(H,21,25)(H,22,24);2*1H. The molecule has 0 bridgehead atoms. The molecule has 4 N–H and O–H groups in total. The van der Waals surface area contributed by atoms with E-state index in [1.54, 1.807) is 0 Å². The fourth-order valence-electron chi connectivity index (χ4n) is 4.13. The van der Waals surface area contributed by atoms with Gasteiger partial charge in [-0.05, 0) is 44.1 Å². The number of carbonyl (C=O) groups is 2. The molecule has 2 rings (SSSR count). The second kappa shape index (κ2) is 13.6. The first-order valence-electron chi connectivity index (χ1n) is 10.1. The van der Waals surface area contributed by atoms with E-state index in [1.165, 1.54) is 19.3 Å². The summed E-state index contributed by atoms with van der Waals surface area (Å²) in [5.41, 5.74) is 6.02. The van der Waals surface area contributed by atoms with Crippen LogP contribution in [0.1, 0.15) is 64.7 Å². The van der Waals surface area contributed by atoms with Gasteiger partial charge in [0.1, 0.15) is 0 Å². The fourth-order valence-corrected chi connectivity index (χ4v) is 4.13. The van der Waals surface area contributed by atoms with Gasteiger partial charge in [-0.3, -0.25) is 14.5 Å².